The van der Waals surface area contributed by atoms with Crippen molar-refractivity contribution in [2.24, 2.45) is 0 Å². The molecule has 0 saturated carbocycles. The Kier molecular flexibility index (Phi) is 2.72. The lowest BCUT2D eigenvalue weighted by molar-refractivity contribution is 0.101. The minimum absolute atomic E-state index is 0.124. The van der Waals surface area contributed by atoms with Gasteiger partial charge in [0.2, 0.25) is 0 Å². The van der Waals surface area contributed by atoms with E-state index in [1.54, 1.807) is 0 Å². The summed E-state index contributed by atoms with van der Waals surface area (Å²) >= 11 is 0. The van der Waals surface area contributed by atoms with E-state index in [1.807, 2.05) is 0 Å². The minimum Gasteiger partial charge on any atom is -0.294 e. The van der Waals surface area contributed by atoms with Crippen LogP contribution in [0.1, 0.15) is 17.3 Å². The Balaban J connectivity index is 2.63. The van der Waals surface area contributed by atoms with Crippen LogP contribution in [0.5, 0.6) is 0 Å². The van der Waals surface area contributed by atoms with Gasteiger partial charge < -0.3 is 0 Å². The molecule has 3 nitrogen and oxygen atoms in total. The van der Waals surface area contributed by atoms with Gasteiger partial charge in [-0.15, -0.1) is 0 Å². The monoisotopic (exact) mass is 216 g/mol. The van der Waals surface area contributed by atoms with E-state index in [0.717, 1.165) is 0 Å². The number of hydrogen-bond acceptors (Lipinski definition) is 3. The highest BCUT2D eigenvalue weighted by atomic mass is 19.1. The largest absolute Gasteiger partial charge is 0.294 e. The van der Waals surface area contributed by atoms with E-state index in [-0.39, 0.29) is 5.78 Å². The van der Waals surface area contributed by atoms with Gasteiger partial charge >= 0.3 is 0 Å². The molecular formula is C12H9FN2O. The number of Topliss-reactive ketones (excluding diaryl/α,β-unsaturated/α-hetero) is 1. The maximum Gasteiger partial charge on any atom is 0.160 e. The van der Waals surface area contributed by atoms with Crippen LogP contribution in [0.3, 0.4) is 0 Å². The maximum absolute atomic E-state index is 13.1. The highest BCUT2D eigenvalue weighted by Crippen LogP contribution is 2.22. The third-order valence-corrected chi connectivity index (χ3v) is 2.20. The van der Waals surface area contributed by atoms with Gasteiger partial charge in [-0.2, -0.15) is 0 Å². The first-order chi connectivity index (χ1) is 7.68. The molecular weight excluding hydrogens is 207 g/mol. The molecule has 1 heterocycles. The molecule has 0 aliphatic heterocycles. The molecule has 0 amide bonds. The molecule has 0 bridgehead atoms. The molecule has 0 saturated heterocycles. The van der Waals surface area contributed by atoms with Crippen LogP contribution in [0, 0.1) is 5.82 Å². The zero-order chi connectivity index (χ0) is 11.5. The topological polar surface area (TPSA) is 42.9 Å². The van der Waals surface area contributed by atoms with Crippen molar-refractivity contribution in [3.63, 3.8) is 0 Å². The Morgan fingerprint density at radius 1 is 1.31 bits per heavy atom. The average Bonchev–Trinajstić information content (AvgIpc) is 2.29. The first-order valence-electron chi connectivity index (χ1n) is 4.75. The number of nitrogens with zero attached hydrogens (tertiary/aromatic N) is 2. The third-order valence-electron chi connectivity index (χ3n) is 2.20. The van der Waals surface area contributed by atoms with Crippen LogP contribution in [0.15, 0.2) is 36.8 Å². The van der Waals surface area contributed by atoms with Crippen LogP contribution in [-0.2, 0) is 0 Å². The lowest BCUT2D eigenvalue weighted by atomic mass is 10.0. The standard InChI is InChI=1S/C12H9FN2O/c1-8(16)10-3-2-9(13)6-11(10)12-7-14-4-5-15-12/h2-7H,1H3. The van der Waals surface area contributed by atoms with Crippen LogP contribution in [0.2, 0.25) is 0 Å². The van der Waals surface area contributed by atoms with E-state index in [9.17, 15) is 9.18 Å². The van der Waals surface area contributed by atoms with Crippen molar-refractivity contribution in [2.45, 2.75) is 6.92 Å². The Bertz CT molecular complexity index is 526. The minimum atomic E-state index is -0.398. The van der Waals surface area contributed by atoms with Crippen molar-refractivity contribution in [2.75, 3.05) is 0 Å². The lowest BCUT2D eigenvalue weighted by Crippen LogP contribution is -1.98. The summed E-state index contributed by atoms with van der Waals surface area (Å²) < 4.78 is 13.1. The maximum atomic E-state index is 13.1. The predicted molar refractivity (Wildman–Crippen MR) is 57.4 cm³/mol. The third kappa shape index (κ3) is 1.95. The summed E-state index contributed by atoms with van der Waals surface area (Å²) in [5, 5.41) is 0. The summed E-state index contributed by atoms with van der Waals surface area (Å²) in [7, 11) is 0. The van der Waals surface area contributed by atoms with E-state index in [0.29, 0.717) is 16.8 Å². The lowest BCUT2D eigenvalue weighted by Gasteiger charge is -2.05. The fraction of sp³-hybridized carbons (Fsp3) is 0.0833. The summed E-state index contributed by atoms with van der Waals surface area (Å²) in [5.41, 5.74) is 1.41. The van der Waals surface area contributed by atoms with Crippen LogP contribution in [-0.4, -0.2) is 15.8 Å². The SMILES string of the molecule is CC(=O)c1ccc(F)cc1-c1cnccn1. The molecule has 0 spiro atoms. The second kappa shape index (κ2) is 4.18. The number of carbonyl (C=O) groups excluding carboxylic acids is 1. The quantitative estimate of drug-likeness (QED) is 0.724. The summed E-state index contributed by atoms with van der Waals surface area (Å²) in [5.74, 6) is -0.522. The van der Waals surface area contributed by atoms with Crippen molar-refractivity contribution in [3.05, 3.63) is 48.2 Å². The average molecular weight is 216 g/mol. The summed E-state index contributed by atoms with van der Waals surface area (Å²) in [6.45, 7) is 1.44. The van der Waals surface area contributed by atoms with Gasteiger partial charge in [0, 0.05) is 23.5 Å². The number of aromatic nitrogens is 2. The summed E-state index contributed by atoms with van der Waals surface area (Å²) in [6, 6.07) is 4.01. The van der Waals surface area contributed by atoms with Crippen molar-refractivity contribution in [1.82, 2.24) is 9.97 Å². The van der Waals surface area contributed by atoms with Gasteiger partial charge in [-0.05, 0) is 25.1 Å². The molecule has 0 fully saturated rings. The Morgan fingerprint density at radius 3 is 2.75 bits per heavy atom. The molecule has 0 radical (unpaired) electrons. The molecule has 0 unspecified atom stereocenters. The highest BCUT2D eigenvalue weighted by molar-refractivity contribution is 6.00. The number of ketones is 1. The van der Waals surface area contributed by atoms with Crippen molar-refractivity contribution >= 4 is 5.78 Å². The number of carbonyl (C=O) groups is 1. The molecule has 1 aromatic heterocycles. The molecule has 4 heteroatoms. The smallest absolute Gasteiger partial charge is 0.160 e. The van der Waals surface area contributed by atoms with Crippen molar-refractivity contribution < 1.29 is 9.18 Å². The molecule has 2 rings (SSSR count). The molecule has 80 valence electrons. The van der Waals surface area contributed by atoms with Crippen LogP contribution >= 0.6 is 0 Å². The Labute approximate surface area is 92.0 Å². The molecule has 0 N–H and O–H groups in total. The number of benzene rings is 1. The highest BCUT2D eigenvalue weighted by Gasteiger charge is 2.11. The Hall–Kier alpha value is -2.10. The summed E-state index contributed by atoms with van der Waals surface area (Å²) in [4.78, 5) is 19.3. The van der Waals surface area contributed by atoms with Gasteiger partial charge in [-0.3, -0.25) is 14.8 Å². The van der Waals surface area contributed by atoms with Crippen LogP contribution in [0.4, 0.5) is 4.39 Å². The van der Waals surface area contributed by atoms with Crippen molar-refractivity contribution in [1.29, 1.82) is 0 Å². The first kappa shape index (κ1) is 10.4. The van der Waals surface area contributed by atoms with Gasteiger partial charge in [0.15, 0.2) is 5.78 Å². The fourth-order valence-corrected chi connectivity index (χ4v) is 1.47. The van der Waals surface area contributed by atoms with Crippen LogP contribution < -0.4 is 0 Å². The van der Waals surface area contributed by atoms with Gasteiger partial charge in [-0.1, -0.05) is 0 Å². The number of hydrogen-bond donors (Lipinski definition) is 0. The first-order valence-corrected chi connectivity index (χ1v) is 4.75. The zero-order valence-electron chi connectivity index (χ0n) is 8.64. The normalized spacial score (nSPS) is 10.1. The molecule has 0 atom stereocenters. The van der Waals surface area contributed by atoms with Gasteiger partial charge in [0.05, 0.1) is 11.9 Å². The molecule has 0 aliphatic carbocycles. The second-order valence-electron chi connectivity index (χ2n) is 3.34. The zero-order valence-corrected chi connectivity index (χ0v) is 8.64. The molecule has 1 aromatic carbocycles. The second-order valence-corrected chi connectivity index (χ2v) is 3.34. The predicted octanol–water partition coefficient (Wildman–Crippen LogP) is 2.49. The fourth-order valence-electron chi connectivity index (χ4n) is 1.47. The summed E-state index contributed by atoms with van der Waals surface area (Å²) in [6.07, 6.45) is 4.53. The van der Waals surface area contributed by atoms with E-state index >= 15 is 0 Å². The Morgan fingerprint density at radius 2 is 2.12 bits per heavy atom. The van der Waals surface area contributed by atoms with E-state index in [2.05, 4.69) is 9.97 Å². The van der Waals surface area contributed by atoms with Gasteiger partial charge in [-0.25, -0.2) is 4.39 Å². The van der Waals surface area contributed by atoms with E-state index < -0.39 is 5.82 Å². The van der Waals surface area contributed by atoms with Crippen LogP contribution in [0.25, 0.3) is 11.3 Å². The number of rotatable bonds is 2. The van der Waals surface area contributed by atoms with E-state index in [1.165, 1.54) is 43.7 Å². The van der Waals surface area contributed by atoms with E-state index in [4.69, 9.17) is 0 Å². The van der Waals surface area contributed by atoms with Gasteiger partial charge in [0.1, 0.15) is 5.82 Å². The number of halogens is 1. The molecule has 16 heavy (non-hydrogen) atoms. The molecule has 0 aliphatic rings. The van der Waals surface area contributed by atoms with Gasteiger partial charge in [0.25, 0.3) is 0 Å². The molecule has 2 aromatic rings. The van der Waals surface area contributed by atoms with Crippen molar-refractivity contribution in [3.8, 4) is 11.3 Å².